The van der Waals surface area contributed by atoms with E-state index in [2.05, 4.69) is 10.4 Å². The zero-order valence-corrected chi connectivity index (χ0v) is 17.3. The number of sulfonamides is 1. The summed E-state index contributed by atoms with van der Waals surface area (Å²) in [6, 6.07) is 7.12. The van der Waals surface area contributed by atoms with Crippen molar-refractivity contribution in [2.75, 3.05) is 19.6 Å². The quantitative estimate of drug-likeness (QED) is 0.766. The molecule has 0 atom stereocenters. The number of nitrogens with one attached hydrogen (secondary N) is 1. The standard InChI is InChI=1S/C20H28N4O3S/c1-16-4-5-19(14-17(16)2)28(26,27)24-12-6-18(7-13-24)15-21-20(25)8-11-23-10-3-9-22-23/h3-5,9-10,14,18H,6-8,11-13,15H2,1-2H3,(H,21,25). The van der Waals surface area contributed by atoms with Crippen LogP contribution in [-0.2, 0) is 21.4 Å². The fourth-order valence-electron chi connectivity index (χ4n) is 3.37. The van der Waals surface area contributed by atoms with Crippen molar-refractivity contribution < 1.29 is 13.2 Å². The molecular weight excluding hydrogens is 376 g/mol. The molecule has 0 unspecified atom stereocenters. The number of amides is 1. The number of carbonyl (C=O) groups excluding carboxylic acids is 1. The van der Waals surface area contributed by atoms with E-state index in [0.29, 0.717) is 43.4 Å². The molecule has 1 aromatic carbocycles. The third-order valence-electron chi connectivity index (χ3n) is 5.40. The Bertz CT molecular complexity index is 902. The summed E-state index contributed by atoms with van der Waals surface area (Å²) in [4.78, 5) is 12.4. The molecular formula is C20H28N4O3S. The maximum absolute atomic E-state index is 12.9. The molecule has 0 spiro atoms. The van der Waals surface area contributed by atoms with Gasteiger partial charge in [-0.3, -0.25) is 9.48 Å². The maximum atomic E-state index is 12.9. The fourth-order valence-corrected chi connectivity index (χ4v) is 4.93. The minimum Gasteiger partial charge on any atom is -0.356 e. The lowest BCUT2D eigenvalue weighted by atomic mass is 9.98. The van der Waals surface area contributed by atoms with Gasteiger partial charge < -0.3 is 5.32 Å². The van der Waals surface area contributed by atoms with Gasteiger partial charge in [0.15, 0.2) is 0 Å². The summed E-state index contributed by atoms with van der Waals surface area (Å²) in [6.45, 7) is 6.03. The molecule has 1 saturated heterocycles. The molecule has 152 valence electrons. The van der Waals surface area contributed by atoms with Crippen LogP contribution in [-0.4, -0.2) is 48.0 Å². The minimum atomic E-state index is -3.45. The topological polar surface area (TPSA) is 84.3 Å². The normalized spacial score (nSPS) is 16.2. The molecule has 1 N–H and O–H groups in total. The predicted octanol–water partition coefficient (Wildman–Crippen LogP) is 2.11. The van der Waals surface area contributed by atoms with E-state index >= 15 is 0 Å². The summed E-state index contributed by atoms with van der Waals surface area (Å²) in [7, 11) is -3.45. The van der Waals surface area contributed by atoms with E-state index in [1.165, 1.54) is 0 Å². The Balaban J connectivity index is 1.46. The van der Waals surface area contributed by atoms with Gasteiger partial charge in [0, 0.05) is 45.0 Å². The van der Waals surface area contributed by atoms with Gasteiger partial charge in [-0.15, -0.1) is 0 Å². The molecule has 2 heterocycles. The van der Waals surface area contributed by atoms with Crippen LogP contribution >= 0.6 is 0 Å². The molecule has 7 nitrogen and oxygen atoms in total. The van der Waals surface area contributed by atoms with Crippen LogP contribution < -0.4 is 5.32 Å². The van der Waals surface area contributed by atoms with Crippen LogP contribution in [0.25, 0.3) is 0 Å². The number of piperidine rings is 1. The van der Waals surface area contributed by atoms with Crippen molar-refractivity contribution in [3.63, 3.8) is 0 Å². The second-order valence-electron chi connectivity index (χ2n) is 7.42. The zero-order valence-electron chi connectivity index (χ0n) is 16.5. The molecule has 2 aromatic rings. The maximum Gasteiger partial charge on any atom is 0.243 e. The van der Waals surface area contributed by atoms with E-state index in [4.69, 9.17) is 0 Å². The van der Waals surface area contributed by atoms with Gasteiger partial charge in [-0.25, -0.2) is 8.42 Å². The molecule has 1 aliphatic heterocycles. The summed E-state index contributed by atoms with van der Waals surface area (Å²) in [5.74, 6) is 0.306. The molecule has 28 heavy (non-hydrogen) atoms. The van der Waals surface area contributed by atoms with Gasteiger partial charge in [0.1, 0.15) is 0 Å². The van der Waals surface area contributed by atoms with Crippen molar-refractivity contribution in [2.45, 2.75) is 44.6 Å². The Hall–Kier alpha value is -2.19. The number of benzene rings is 1. The van der Waals surface area contributed by atoms with E-state index in [1.807, 2.05) is 32.2 Å². The van der Waals surface area contributed by atoms with E-state index in [0.717, 1.165) is 24.0 Å². The van der Waals surface area contributed by atoms with Gasteiger partial charge in [0.05, 0.1) is 4.90 Å². The number of carbonyl (C=O) groups is 1. The third kappa shape index (κ3) is 4.99. The van der Waals surface area contributed by atoms with Crippen molar-refractivity contribution in [1.29, 1.82) is 0 Å². The average molecular weight is 405 g/mol. The first-order valence-electron chi connectivity index (χ1n) is 9.68. The Morgan fingerprint density at radius 1 is 1.21 bits per heavy atom. The van der Waals surface area contributed by atoms with Gasteiger partial charge in [0.2, 0.25) is 15.9 Å². The smallest absolute Gasteiger partial charge is 0.243 e. The summed E-state index contributed by atoms with van der Waals surface area (Å²) in [6.07, 6.45) is 5.42. The fraction of sp³-hybridized carbons (Fsp3) is 0.500. The summed E-state index contributed by atoms with van der Waals surface area (Å²) in [5.41, 5.74) is 2.06. The van der Waals surface area contributed by atoms with Crippen LogP contribution in [0.5, 0.6) is 0 Å². The Kier molecular flexibility index (Phi) is 6.51. The number of hydrogen-bond donors (Lipinski definition) is 1. The van der Waals surface area contributed by atoms with Crippen LogP contribution in [0.2, 0.25) is 0 Å². The largest absolute Gasteiger partial charge is 0.356 e. The highest BCUT2D eigenvalue weighted by atomic mass is 32.2. The first-order chi connectivity index (χ1) is 13.4. The van der Waals surface area contributed by atoms with E-state index < -0.39 is 10.0 Å². The van der Waals surface area contributed by atoms with E-state index in [1.54, 1.807) is 27.3 Å². The molecule has 1 fully saturated rings. The Morgan fingerprint density at radius 2 is 1.96 bits per heavy atom. The number of hydrogen-bond acceptors (Lipinski definition) is 4. The number of aryl methyl sites for hydroxylation is 3. The van der Waals surface area contributed by atoms with Crippen LogP contribution in [0, 0.1) is 19.8 Å². The van der Waals surface area contributed by atoms with Crippen LogP contribution in [0.15, 0.2) is 41.6 Å². The first kappa shape index (κ1) is 20.5. The van der Waals surface area contributed by atoms with Crippen LogP contribution in [0.3, 0.4) is 0 Å². The summed E-state index contributed by atoms with van der Waals surface area (Å²) < 4.78 is 29.0. The monoisotopic (exact) mass is 404 g/mol. The predicted molar refractivity (Wildman–Crippen MR) is 107 cm³/mol. The van der Waals surface area contributed by atoms with Crippen molar-refractivity contribution in [3.8, 4) is 0 Å². The van der Waals surface area contributed by atoms with Crippen molar-refractivity contribution >= 4 is 15.9 Å². The highest BCUT2D eigenvalue weighted by Crippen LogP contribution is 2.24. The lowest BCUT2D eigenvalue weighted by Gasteiger charge is -2.31. The summed E-state index contributed by atoms with van der Waals surface area (Å²) >= 11 is 0. The van der Waals surface area contributed by atoms with Crippen LogP contribution in [0.4, 0.5) is 0 Å². The molecule has 1 aromatic heterocycles. The highest BCUT2D eigenvalue weighted by Gasteiger charge is 2.29. The highest BCUT2D eigenvalue weighted by molar-refractivity contribution is 7.89. The zero-order chi connectivity index (χ0) is 20.1. The van der Waals surface area contributed by atoms with Gasteiger partial charge in [-0.05, 0) is 61.9 Å². The lowest BCUT2D eigenvalue weighted by Crippen LogP contribution is -2.41. The number of rotatable bonds is 7. The summed E-state index contributed by atoms with van der Waals surface area (Å²) in [5, 5.41) is 7.04. The first-order valence-corrected chi connectivity index (χ1v) is 11.1. The van der Waals surface area contributed by atoms with Gasteiger partial charge in [0.25, 0.3) is 0 Å². The minimum absolute atomic E-state index is 0.000631. The third-order valence-corrected chi connectivity index (χ3v) is 7.30. The molecule has 1 amide bonds. The number of aromatic nitrogens is 2. The van der Waals surface area contributed by atoms with Crippen molar-refractivity contribution in [2.24, 2.45) is 5.92 Å². The molecule has 0 saturated carbocycles. The van der Waals surface area contributed by atoms with Gasteiger partial charge in [-0.1, -0.05) is 6.07 Å². The van der Waals surface area contributed by atoms with Crippen molar-refractivity contribution in [3.05, 3.63) is 47.8 Å². The Labute approximate surface area is 166 Å². The lowest BCUT2D eigenvalue weighted by molar-refractivity contribution is -0.121. The second kappa shape index (κ2) is 8.87. The van der Waals surface area contributed by atoms with Crippen LogP contribution in [0.1, 0.15) is 30.4 Å². The molecule has 0 bridgehead atoms. The molecule has 0 radical (unpaired) electrons. The SMILES string of the molecule is Cc1ccc(S(=O)(=O)N2CCC(CNC(=O)CCn3cccn3)CC2)cc1C. The molecule has 3 rings (SSSR count). The van der Waals surface area contributed by atoms with E-state index in [-0.39, 0.29) is 5.91 Å². The van der Waals surface area contributed by atoms with E-state index in [9.17, 15) is 13.2 Å². The average Bonchev–Trinajstić information content (AvgIpc) is 3.21. The molecule has 8 heteroatoms. The Morgan fingerprint density at radius 3 is 2.61 bits per heavy atom. The molecule has 1 aliphatic rings. The van der Waals surface area contributed by atoms with Crippen molar-refractivity contribution in [1.82, 2.24) is 19.4 Å². The van der Waals surface area contributed by atoms with Gasteiger partial charge in [-0.2, -0.15) is 9.40 Å². The molecule has 0 aliphatic carbocycles. The second-order valence-corrected chi connectivity index (χ2v) is 9.35. The number of nitrogens with zero attached hydrogens (tertiary/aromatic N) is 3. The van der Waals surface area contributed by atoms with Gasteiger partial charge >= 0.3 is 0 Å².